The Bertz CT molecular complexity index is 111. The summed E-state index contributed by atoms with van der Waals surface area (Å²) in [6.45, 7) is 0.604. The van der Waals surface area contributed by atoms with Gasteiger partial charge in [-0.2, -0.15) is 0 Å². The maximum Gasteiger partial charge on any atom is 0.320 e. The van der Waals surface area contributed by atoms with E-state index in [4.69, 9.17) is 16.6 Å². The zero-order valence-electron chi connectivity index (χ0n) is 6.32. The van der Waals surface area contributed by atoms with Crippen molar-refractivity contribution in [1.82, 2.24) is 0 Å². The van der Waals surface area contributed by atoms with Crippen molar-refractivity contribution in [2.75, 3.05) is 6.54 Å². The van der Waals surface area contributed by atoms with Crippen LogP contribution in [0.3, 0.4) is 0 Å². The summed E-state index contributed by atoms with van der Waals surface area (Å²) in [5, 5.41) is 8.33. The summed E-state index contributed by atoms with van der Waals surface area (Å²) in [4.78, 5) is 10.1. The molecule has 4 nitrogen and oxygen atoms in total. The van der Waals surface area contributed by atoms with Crippen LogP contribution >= 0.6 is 12.4 Å². The van der Waals surface area contributed by atoms with Crippen molar-refractivity contribution in [3.8, 4) is 0 Å². The van der Waals surface area contributed by atoms with E-state index in [1.165, 1.54) is 0 Å². The molecule has 0 radical (unpaired) electrons. The van der Waals surface area contributed by atoms with Crippen molar-refractivity contribution in [2.24, 2.45) is 11.5 Å². The van der Waals surface area contributed by atoms with Gasteiger partial charge in [-0.1, -0.05) is 6.42 Å². The fourth-order valence-electron chi connectivity index (χ4n) is 0.632. The maximum absolute atomic E-state index is 10.1. The van der Waals surface area contributed by atoms with Gasteiger partial charge in [0.1, 0.15) is 6.04 Å². The van der Waals surface area contributed by atoms with Crippen LogP contribution in [0.25, 0.3) is 0 Å². The molecule has 0 heterocycles. The number of hydrogen-bond acceptors (Lipinski definition) is 3. The first-order chi connectivity index (χ1) is 4.68. The van der Waals surface area contributed by atoms with E-state index in [2.05, 4.69) is 0 Å². The molecule has 0 saturated carbocycles. The predicted octanol–water partition coefficient (Wildman–Crippen LogP) is -0.0509. The lowest BCUT2D eigenvalue weighted by molar-refractivity contribution is -0.138. The van der Waals surface area contributed by atoms with E-state index < -0.39 is 12.0 Å². The van der Waals surface area contributed by atoms with Crippen LogP contribution in [-0.4, -0.2) is 23.7 Å². The molecule has 0 aliphatic carbocycles. The van der Waals surface area contributed by atoms with Gasteiger partial charge < -0.3 is 16.6 Å². The Hall–Kier alpha value is -0.320. The normalized spacial score (nSPS) is 11.8. The second-order valence-corrected chi connectivity index (χ2v) is 2.23. The van der Waals surface area contributed by atoms with Gasteiger partial charge in [0.25, 0.3) is 0 Å². The van der Waals surface area contributed by atoms with Crippen LogP contribution in [0.1, 0.15) is 19.3 Å². The first kappa shape index (κ1) is 13.3. The third-order valence-electron chi connectivity index (χ3n) is 1.29. The molecule has 0 rings (SSSR count). The number of rotatable bonds is 5. The number of carboxylic acid groups (broad SMARTS) is 1. The molecule has 0 saturated heterocycles. The Morgan fingerprint density at radius 3 is 2.36 bits per heavy atom. The van der Waals surface area contributed by atoms with Crippen molar-refractivity contribution in [1.29, 1.82) is 0 Å². The van der Waals surface area contributed by atoms with Crippen molar-refractivity contribution in [3.63, 3.8) is 0 Å². The minimum Gasteiger partial charge on any atom is -0.480 e. The predicted molar refractivity (Wildman–Crippen MR) is 45.8 cm³/mol. The third-order valence-corrected chi connectivity index (χ3v) is 1.29. The molecule has 11 heavy (non-hydrogen) atoms. The quantitative estimate of drug-likeness (QED) is 0.322. The van der Waals surface area contributed by atoms with Gasteiger partial charge in [-0.05, 0) is 19.4 Å². The Balaban J connectivity index is 0. The largest absolute Gasteiger partial charge is 0.480 e. The Morgan fingerprint density at radius 1 is 1.45 bits per heavy atom. The Morgan fingerprint density at radius 2 is 2.00 bits per heavy atom. The van der Waals surface area contributed by atoms with E-state index in [9.17, 15) is 4.79 Å². The lowest BCUT2D eigenvalue weighted by Gasteiger charge is -2.03. The standard InChI is InChI=1S/C6H14N2O2.ClH/c7-4-2-1-3-5(8)6(9)10;/h5H,1-4,7-8H2,(H,9,10);1H/i1+1,2+1,3+1,4+1,5+1,6+1,7+1,8+1;. The molecule has 1 atom stereocenters. The monoisotopic (exact) mass is 190 g/mol. The molecule has 5 N–H and O–H groups in total. The molecule has 68 valence electrons. The van der Waals surface area contributed by atoms with Gasteiger partial charge in [0, 0.05) is 0 Å². The lowest BCUT2D eigenvalue weighted by Crippen LogP contribution is -2.29. The second-order valence-electron chi connectivity index (χ2n) is 2.23. The summed E-state index contributed by atoms with van der Waals surface area (Å²) in [6.07, 6.45) is 2.16. The smallest absolute Gasteiger partial charge is 0.320 e. The first-order valence-corrected chi connectivity index (χ1v) is 3.37. The molecule has 0 fully saturated rings. The molecule has 0 aromatic heterocycles. The van der Waals surface area contributed by atoms with Gasteiger partial charge in [0.2, 0.25) is 0 Å². The molecular formula is C6H15ClN2O2. The van der Waals surface area contributed by atoms with Crippen LogP contribution in [0, 0.1) is 0 Å². The summed E-state index contributed by atoms with van der Waals surface area (Å²) in [5.41, 5.74) is 10.4. The molecule has 0 aromatic rings. The number of hydrogen-bond donors (Lipinski definition) is 3. The van der Waals surface area contributed by atoms with Gasteiger partial charge in [-0.15, -0.1) is 12.4 Å². The highest BCUT2D eigenvalue weighted by molar-refractivity contribution is 5.85. The molecule has 0 aliphatic rings. The highest BCUT2D eigenvalue weighted by Crippen LogP contribution is 1.96. The van der Waals surface area contributed by atoms with Gasteiger partial charge in [0.15, 0.2) is 0 Å². The number of halogens is 1. The highest BCUT2D eigenvalue weighted by atomic mass is 35.5. The first-order valence-electron chi connectivity index (χ1n) is 3.37. The van der Waals surface area contributed by atoms with Crippen LogP contribution in [-0.2, 0) is 4.79 Å². The maximum atomic E-state index is 10.1. The van der Waals surface area contributed by atoms with E-state index in [0.717, 1.165) is 12.8 Å². The van der Waals surface area contributed by atoms with Crippen molar-refractivity contribution in [3.05, 3.63) is 0 Å². The zero-order chi connectivity index (χ0) is 7.98. The average molecular weight is 191 g/mol. The number of carbonyl (C=O) groups is 1. The number of carboxylic acids is 1. The molecule has 0 amide bonds. The van der Waals surface area contributed by atoms with Gasteiger partial charge in [-0.3, -0.25) is 4.79 Å². The minimum atomic E-state index is -0.933. The van der Waals surface area contributed by atoms with E-state index in [1.54, 1.807) is 0 Å². The van der Waals surface area contributed by atoms with Crippen LogP contribution in [0.15, 0.2) is 0 Å². The van der Waals surface area contributed by atoms with Crippen molar-refractivity contribution < 1.29 is 9.90 Å². The second kappa shape index (κ2) is 7.78. The van der Waals surface area contributed by atoms with Gasteiger partial charge in [-0.25, -0.2) is 0 Å². The zero-order valence-corrected chi connectivity index (χ0v) is 7.14. The van der Waals surface area contributed by atoms with Gasteiger partial charge >= 0.3 is 5.97 Å². The Labute approximate surface area is 72.4 Å². The molecular weight excluding hydrogens is 175 g/mol. The average Bonchev–Trinajstić information content (AvgIpc) is 1.88. The van der Waals surface area contributed by atoms with Crippen molar-refractivity contribution >= 4 is 18.4 Å². The minimum absolute atomic E-state index is 0. The summed E-state index contributed by atoms with van der Waals surface area (Å²) in [6, 6.07) is -0.716. The summed E-state index contributed by atoms with van der Waals surface area (Å²) in [5.74, 6) is -0.933. The number of unbranched alkanes of at least 4 members (excludes halogenated alkanes) is 1. The van der Waals surface area contributed by atoms with Crippen LogP contribution in [0.5, 0.6) is 0 Å². The number of aliphatic carboxylic acids is 1. The SMILES string of the molecule is Cl.[15NH2][13CH2][13CH2][13CH2][13CH2][13CH]([15NH2])[13C](=O)O. The van der Waals surface area contributed by atoms with Crippen molar-refractivity contribution in [2.45, 2.75) is 25.3 Å². The summed E-state index contributed by atoms with van der Waals surface area (Å²) >= 11 is 0. The lowest BCUT2D eigenvalue weighted by atomic mass is 11.1. The summed E-state index contributed by atoms with van der Waals surface area (Å²) in [7, 11) is 0. The highest BCUT2D eigenvalue weighted by Gasteiger charge is 2.09. The van der Waals surface area contributed by atoms with Crippen LogP contribution in [0.2, 0.25) is 0 Å². The third kappa shape index (κ3) is 7.58. The Kier molecular flexibility index (Phi) is 9.40. The topological polar surface area (TPSA) is 89.3 Å². The molecule has 0 spiro atoms. The van der Waals surface area contributed by atoms with Crippen LogP contribution in [0.4, 0.5) is 0 Å². The fourth-order valence-corrected chi connectivity index (χ4v) is 0.632. The molecule has 0 aromatic carbocycles. The molecule has 0 aliphatic heterocycles. The van der Waals surface area contributed by atoms with E-state index in [0.29, 0.717) is 13.0 Å². The van der Waals surface area contributed by atoms with E-state index in [-0.39, 0.29) is 12.4 Å². The number of nitrogens with two attached hydrogens (primary N) is 2. The molecule has 5 heteroatoms. The van der Waals surface area contributed by atoms with E-state index >= 15 is 0 Å². The van der Waals surface area contributed by atoms with Crippen LogP contribution < -0.4 is 11.5 Å². The van der Waals surface area contributed by atoms with Gasteiger partial charge in [0.05, 0.1) is 0 Å². The van der Waals surface area contributed by atoms with E-state index in [1.807, 2.05) is 0 Å². The summed E-state index contributed by atoms with van der Waals surface area (Å²) < 4.78 is 0. The molecule has 0 bridgehead atoms. The fraction of sp³-hybridized carbons (Fsp3) is 0.833. The molecule has 1 unspecified atom stereocenters.